The second-order valence-corrected chi connectivity index (χ2v) is 9.46. The third-order valence-corrected chi connectivity index (χ3v) is 7.11. The van der Waals surface area contributed by atoms with Crippen LogP contribution in [0.2, 0.25) is 0 Å². The number of benzene rings is 2. The van der Waals surface area contributed by atoms with Gasteiger partial charge in [-0.25, -0.2) is 14.8 Å². The van der Waals surface area contributed by atoms with Crippen LogP contribution in [0.5, 0.6) is 0 Å². The SMILES string of the molecule is Cc1cc2cc(-c3ccc(N4C(=O)N(C)N(C(=O)C5CC5)C4C4CCNC4)cc3)ccc2o1. The summed E-state index contributed by atoms with van der Waals surface area (Å²) in [6.45, 7) is 3.66. The quantitative estimate of drug-likeness (QED) is 0.649. The van der Waals surface area contributed by atoms with E-state index in [1.807, 2.05) is 48.2 Å². The number of hydrazine groups is 1. The number of fused-ring (bicyclic) bond motifs is 1. The van der Waals surface area contributed by atoms with E-state index in [0.29, 0.717) is 0 Å². The van der Waals surface area contributed by atoms with E-state index >= 15 is 0 Å². The molecule has 1 aliphatic carbocycles. The lowest BCUT2D eigenvalue weighted by Crippen LogP contribution is -2.51. The maximum Gasteiger partial charge on any atom is 0.344 e. The topological polar surface area (TPSA) is 69.0 Å². The van der Waals surface area contributed by atoms with Crippen molar-refractivity contribution in [2.45, 2.75) is 32.4 Å². The smallest absolute Gasteiger partial charge is 0.344 e. The highest BCUT2D eigenvalue weighted by Gasteiger charge is 2.52. The molecule has 3 aliphatic rings. The Balaban J connectivity index is 1.34. The normalized spacial score (nSPS) is 23.2. The van der Waals surface area contributed by atoms with E-state index in [0.717, 1.165) is 65.9 Å². The van der Waals surface area contributed by atoms with E-state index in [9.17, 15) is 9.59 Å². The van der Waals surface area contributed by atoms with Gasteiger partial charge in [-0.2, -0.15) is 0 Å². The highest BCUT2D eigenvalue weighted by molar-refractivity contribution is 5.98. The van der Waals surface area contributed by atoms with E-state index in [1.54, 1.807) is 12.1 Å². The van der Waals surface area contributed by atoms with Crippen molar-refractivity contribution in [3.63, 3.8) is 0 Å². The number of hydrogen-bond acceptors (Lipinski definition) is 4. The summed E-state index contributed by atoms with van der Waals surface area (Å²) >= 11 is 0. The zero-order valence-corrected chi connectivity index (χ0v) is 19.0. The number of hydrogen-bond donors (Lipinski definition) is 1. The van der Waals surface area contributed by atoms with Crippen LogP contribution in [-0.4, -0.2) is 48.3 Å². The van der Waals surface area contributed by atoms with Crippen molar-refractivity contribution in [3.8, 4) is 11.1 Å². The first-order valence-electron chi connectivity index (χ1n) is 11.7. The van der Waals surface area contributed by atoms with Gasteiger partial charge in [-0.1, -0.05) is 18.2 Å². The van der Waals surface area contributed by atoms with E-state index < -0.39 is 0 Å². The molecule has 2 atom stereocenters. The van der Waals surface area contributed by atoms with Crippen molar-refractivity contribution in [1.82, 2.24) is 15.3 Å². The molecule has 2 aliphatic heterocycles. The van der Waals surface area contributed by atoms with Gasteiger partial charge in [0.05, 0.1) is 0 Å². The minimum atomic E-state index is -0.290. The van der Waals surface area contributed by atoms with Gasteiger partial charge in [0.15, 0.2) is 0 Å². The molecule has 0 bridgehead atoms. The molecule has 170 valence electrons. The Bertz CT molecular complexity index is 1220. The molecule has 33 heavy (non-hydrogen) atoms. The lowest BCUT2D eigenvalue weighted by molar-refractivity contribution is -0.146. The lowest BCUT2D eigenvalue weighted by atomic mass is 10.0. The first-order chi connectivity index (χ1) is 16.0. The molecule has 1 aromatic heterocycles. The molecule has 2 saturated heterocycles. The molecule has 1 saturated carbocycles. The summed E-state index contributed by atoms with van der Waals surface area (Å²) in [5.41, 5.74) is 3.87. The van der Waals surface area contributed by atoms with Crippen LogP contribution in [0.3, 0.4) is 0 Å². The van der Waals surface area contributed by atoms with Crippen LogP contribution in [0.4, 0.5) is 10.5 Å². The lowest BCUT2D eigenvalue weighted by Gasteiger charge is -2.34. The fourth-order valence-corrected chi connectivity index (χ4v) is 5.22. The van der Waals surface area contributed by atoms with Crippen LogP contribution >= 0.6 is 0 Å². The molecule has 2 unspecified atom stereocenters. The molecule has 3 fully saturated rings. The average molecular weight is 445 g/mol. The molecular formula is C26H28N4O3. The number of amides is 3. The van der Waals surface area contributed by atoms with Gasteiger partial charge in [-0.15, -0.1) is 0 Å². The third-order valence-electron chi connectivity index (χ3n) is 7.11. The van der Waals surface area contributed by atoms with Crippen LogP contribution < -0.4 is 10.2 Å². The Labute approximate surface area is 192 Å². The predicted molar refractivity (Wildman–Crippen MR) is 126 cm³/mol. The summed E-state index contributed by atoms with van der Waals surface area (Å²) in [7, 11) is 1.72. The fraction of sp³-hybridized carbons (Fsp3) is 0.385. The van der Waals surface area contributed by atoms with E-state index in [-0.39, 0.29) is 29.9 Å². The maximum atomic E-state index is 13.4. The molecule has 3 aromatic rings. The molecule has 1 N–H and O–H groups in total. The zero-order valence-electron chi connectivity index (χ0n) is 19.0. The van der Waals surface area contributed by atoms with E-state index in [2.05, 4.69) is 17.4 Å². The van der Waals surface area contributed by atoms with Crippen LogP contribution in [0, 0.1) is 18.8 Å². The van der Waals surface area contributed by atoms with Crippen LogP contribution in [0.25, 0.3) is 22.1 Å². The van der Waals surface area contributed by atoms with Gasteiger partial charge in [-0.05, 0) is 74.2 Å². The minimum Gasteiger partial charge on any atom is -0.461 e. The first kappa shape index (κ1) is 20.3. The molecule has 2 aromatic carbocycles. The molecule has 6 rings (SSSR count). The summed E-state index contributed by atoms with van der Waals surface area (Å²) in [5, 5.41) is 7.72. The number of carbonyl (C=O) groups excluding carboxylic acids is 2. The van der Waals surface area contributed by atoms with Crippen molar-refractivity contribution in [2.75, 3.05) is 25.0 Å². The number of urea groups is 1. The summed E-state index contributed by atoms with van der Waals surface area (Å²) in [6.07, 6.45) is 2.49. The number of nitrogens with one attached hydrogen (secondary N) is 1. The highest BCUT2D eigenvalue weighted by atomic mass is 16.3. The Hall–Kier alpha value is -3.32. The summed E-state index contributed by atoms with van der Waals surface area (Å²) in [6, 6.07) is 16.1. The highest BCUT2D eigenvalue weighted by Crippen LogP contribution is 2.39. The number of nitrogens with zero attached hydrogens (tertiary/aromatic N) is 3. The Morgan fingerprint density at radius 3 is 2.48 bits per heavy atom. The van der Waals surface area contributed by atoms with Crippen molar-refractivity contribution in [1.29, 1.82) is 0 Å². The maximum absolute atomic E-state index is 13.4. The first-order valence-corrected chi connectivity index (χ1v) is 11.7. The van der Waals surface area contributed by atoms with Gasteiger partial charge in [-0.3, -0.25) is 9.69 Å². The molecule has 3 amide bonds. The van der Waals surface area contributed by atoms with Crippen molar-refractivity contribution >= 4 is 28.6 Å². The Morgan fingerprint density at radius 1 is 1.03 bits per heavy atom. The number of anilines is 1. The number of furan rings is 1. The van der Waals surface area contributed by atoms with Crippen molar-refractivity contribution in [3.05, 3.63) is 54.3 Å². The van der Waals surface area contributed by atoms with Crippen LogP contribution in [0.15, 0.2) is 52.9 Å². The molecule has 7 heteroatoms. The second kappa shape index (κ2) is 7.63. The predicted octanol–water partition coefficient (Wildman–Crippen LogP) is 4.37. The molecular weight excluding hydrogens is 416 g/mol. The number of aryl methyl sites for hydroxylation is 1. The second-order valence-electron chi connectivity index (χ2n) is 9.46. The van der Waals surface area contributed by atoms with Crippen molar-refractivity contribution in [2.24, 2.45) is 11.8 Å². The van der Waals surface area contributed by atoms with Crippen LogP contribution in [-0.2, 0) is 4.79 Å². The summed E-state index contributed by atoms with van der Waals surface area (Å²) < 4.78 is 5.69. The standard InChI is InChI=1S/C26H28N4O3/c1-16-13-21-14-19(7-10-23(21)33-16)17-5-8-22(9-6-17)29-24(20-11-12-27-15-20)30(28(2)26(29)32)25(31)18-3-4-18/h5-10,13-14,18,20,24,27H,3-4,11-12,15H2,1-2H3. The zero-order chi connectivity index (χ0) is 22.7. The van der Waals surface area contributed by atoms with Crippen LogP contribution in [0.1, 0.15) is 25.0 Å². The molecule has 7 nitrogen and oxygen atoms in total. The average Bonchev–Trinajstić information content (AvgIpc) is 3.29. The number of carbonyl (C=O) groups is 2. The molecule has 0 radical (unpaired) electrons. The molecule has 0 spiro atoms. The van der Waals surface area contributed by atoms with Gasteiger partial charge in [0.2, 0.25) is 5.91 Å². The van der Waals surface area contributed by atoms with E-state index in [4.69, 9.17) is 4.42 Å². The van der Waals surface area contributed by atoms with Gasteiger partial charge in [0.25, 0.3) is 0 Å². The fourth-order valence-electron chi connectivity index (χ4n) is 5.22. The van der Waals surface area contributed by atoms with Crippen molar-refractivity contribution < 1.29 is 14.0 Å². The number of rotatable bonds is 4. The summed E-state index contributed by atoms with van der Waals surface area (Å²) in [4.78, 5) is 28.3. The third kappa shape index (κ3) is 3.38. The van der Waals surface area contributed by atoms with Gasteiger partial charge in [0, 0.05) is 36.5 Å². The van der Waals surface area contributed by atoms with Gasteiger partial charge in [0.1, 0.15) is 17.5 Å². The monoisotopic (exact) mass is 444 g/mol. The van der Waals surface area contributed by atoms with E-state index in [1.165, 1.54) is 5.01 Å². The minimum absolute atomic E-state index is 0.0564. The Morgan fingerprint density at radius 2 is 1.79 bits per heavy atom. The van der Waals surface area contributed by atoms with Gasteiger partial charge < -0.3 is 9.73 Å². The Kier molecular flexibility index (Phi) is 4.69. The molecule has 3 heterocycles. The van der Waals surface area contributed by atoms with Gasteiger partial charge >= 0.3 is 6.03 Å². The summed E-state index contributed by atoms with van der Waals surface area (Å²) in [5.74, 6) is 1.23. The largest absolute Gasteiger partial charge is 0.461 e.